The molecule has 0 N–H and O–H groups in total. The maximum absolute atomic E-state index is 16.2. The molecule has 2 spiro atoms. The summed E-state index contributed by atoms with van der Waals surface area (Å²) in [6.07, 6.45) is 0. The summed E-state index contributed by atoms with van der Waals surface area (Å²) in [5, 5.41) is 2.64. The maximum Gasteiger partial charge on any atom is 0.207 e. The Hall–Kier alpha value is -5.32. The van der Waals surface area contributed by atoms with Gasteiger partial charge in [-0.3, -0.25) is 19.2 Å². The predicted molar refractivity (Wildman–Crippen MR) is 215 cm³/mol. The molecule has 0 saturated heterocycles. The van der Waals surface area contributed by atoms with Crippen molar-refractivity contribution in [1.29, 1.82) is 0 Å². The fraction of sp³-hybridized carbons (Fsp3) is 0.217. The average Bonchev–Trinajstić information content (AvgIpc) is 3.21. The van der Waals surface area contributed by atoms with Gasteiger partial charge in [0.1, 0.15) is 23.0 Å². The third kappa shape index (κ3) is 3.32. The lowest BCUT2D eigenvalue weighted by Gasteiger charge is -2.78. The normalized spacial score (nSPS) is 28.9. The molecule has 56 heavy (non-hydrogen) atoms. The van der Waals surface area contributed by atoms with E-state index in [0.29, 0.717) is 64.6 Å². The van der Waals surface area contributed by atoms with Crippen LogP contribution in [0.25, 0.3) is 21.5 Å². The van der Waals surface area contributed by atoms with Crippen LogP contribution in [-0.4, -0.2) is 48.6 Å². The highest BCUT2D eigenvalue weighted by molar-refractivity contribution is 9.11. The first kappa shape index (κ1) is 34.0. The molecule has 0 aromatic heterocycles. The van der Waals surface area contributed by atoms with Crippen molar-refractivity contribution >= 4 is 76.5 Å². The van der Waals surface area contributed by atoms with Crippen LogP contribution < -0.4 is 18.9 Å². The molecule has 1 saturated carbocycles. The molecule has 6 aromatic rings. The lowest BCUT2D eigenvalue weighted by Crippen LogP contribution is -2.87. The Bertz CT molecular complexity index is 2710. The van der Waals surface area contributed by atoms with Gasteiger partial charge in [-0.1, -0.05) is 97.1 Å². The first-order chi connectivity index (χ1) is 27.0. The van der Waals surface area contributed by atoms with Crippen molar-refractivity contribution in [3.63, 3.8) is 0 Å². The number of hydrogen-bond donors (Lipinski definition) is 0. The van der Waals surface area contributed by atoms with Crippen LogP contribution in [0.3, 0.4) is 0 Å². The van der Waals surface area contributed by atoms with Gasteiger partial charge in [0.25, 0.3) is 0 Å². The number of carbonyl (C=O) groups excluding carboxylic acids is 4. The number of Topliss-reactive ketones (excluding diaryl/α,β-unsaturated/α-hetero) is 4. The van der Waals surface area contributed by atoms with Crippen LogP contribution in [0, 0.1) is 10.8 Å². The van der Waals surface area contributed by atoms with Crippen LogP contribution in [0.2, 0.25) is 0 Å². The first-order valence-corrected chi connectivity index (χ1v) is 19.9. The molecule has 2 aliphatic heterocycles. The van der Waals surface area contributed by atoms with Gasteiger partial charge in [0.05, 0.1) is 34.0 Å². The Labute approximate surface area is 337 Å². The van der Waals surface area contributed by atoms with Gasteiger partial charge < -0.3 is 18.9 Å². The zero-order valence-electron chi connectivity index (χ0n) is 30.4. The van der Waals surface area contributed by atoms with Gasteiger partial charge >= 0.3 is 0 Å². The molecule has 6 aromatic carbocycles. The topological polar surface area (TPSA) is 105 Å². The standard InChI is InChI=1S/C46H30Br2O8/c1-43-39(49)25-17-9-11-19-27(25)41(51)45(43)37(29-31(47)35(53-3)23-15-7-5-13-21(23)33(29)55-43)46-38(45)30-32(48)36(54-4)24-16-8-6-14-22(24)34(30)56-44(46,2)40(50)26-18-10-12-20-28(26)42(46)52/h5-20,37-38H,1-4H3/t37?,38?,43-,44+,45?,46?. The summed E-state index contributed by atoms with van der Waals surface area (Å²) < 4.78 is 27.5. The third-order valence-electron chi connectivity index (χ3n) is 13.6. The number of carbonyl (C=O) groups is 4. The van der Waals surface area contributed by atoms with Gasteiger partial charge in [0.2, 0.25) is 11.6 Å². The predicted octanol–water partition coefficient (Wildman–Crippen LogP) is 9.85. The molecule has 2 heterocycles. The van der Waals surface area contributed by atoms with E-state index >= 15 is 19.2 Å². The molecule has 0 bridgehead atoms. The first-order valence-electron chi connectivity index (χ1n) is 18.3. The minimum absolute atomic E-state index is 0.222. The van der Waals surface area contributed by atoms with E-state index in [1.807, 2.05) is 48.5 Å². The lowest BCUT2D eigenvalue weighted by molar-refractivity contribution is -0.211. The summed E-state index contributed by atoms with van der Waals surface area (Å²) in [4.78, 5) is 63.4. The van der Waals surface area contributed by atoms with Crippen molar-refractivity contribution < 1.29 is 38.1 Å². The van der Waals surface area contributed by atoms with E-state index in [0.717, 1.165) is 0 Å². The van der Waals surface area contributed by atoms with Crippen LogP contribution in [-0.2, 0) is 0 Å². The molecule has 8 nitrogen and oxygen atoms in total. The zero-order valence-corrected chi connectivity index (χ0v) is 33.6. The van der Waals surface area contributed by atoms with Crippen molar-refractivity contribution in [3.05, 3.63) is 139 Å². The molecule has 6 atom stereocenters. The molecule has 0 radical (unpaired) electrons. The highest BCUT2D eigenvalue weighted by Gasteiger charge is 2.93. The van der Waals surface area contributed by atoms with Gasteiger partial charge in [-0.05, 0) is 45.7 Å². The SMILES string of the molecule is COc1c(Br)c2c(c3ccccc13)O[C@@]1(C)C(=O)c3ccccc3C(=O)C13C2C12C(=O)c4ccccc4C(=O)[C@@]1(C)Oc1c(c(Br)c(OC)c4ccccc14)C32. The largest absolute Gasteiger partial charge is 0.495 e. The number of benzene rings is 6. The highest BCUT2D eigenvalue weighted by Crippen LogP contribution is 2.87. The van der Waals surface area contributed by atoms with Gasteiger partial charge in [0.15, 0.2) is 22.8 Å². The molecule has 4 unspecified atom stereocenters. The van der Waals surface area contributed by atoms with Gasteiger partial charge in [0, 0.05) is 66.8 Å². The monoisotopic (exact) mass is 868 g/mol. The van der Waals surface area contributed by atoms with Crippen molar-refractivity contribution in [2.45, 2.75) is 36.9 Å². The number of ketones is 4. The molecule has 276 valence electrons. The second-order valence-corrected chi connectivity index (χ2v) is 17.1. The summed E-state index contributed by atoms with van der Waals surface area (Å²) in [6, 6.07) is 28.6. The van der Waals surface area contributed by atoms with Gasteiger partial charge in [-0.25, -0.2) is 0 Å². The molecule has 5 aliphatic rings. The number of halogens is 2. The van der Waals surface area contributed by atoms with Crippen molar-refractivity contribution in [2.24, 2.45) is 10.8 Å². The van der Waals surface area contributed by atoms with Crippen LogP contribution in [0.1, 0.15) is 78.2 Å². The number of fused-ring (bicyclic) bond motifs is 10. The number of ether oxygens (including phenoxy) is 4. The number of rotatable bonds is 2. The molecule has 3 aliphatic carbocycles. The second kappa shape index (κ2) is 10.7. The van der Waals surface area contributed by atoms with Crippen LogP contribution in [0.15, 0.2) is 106 Å². The van der Waals surface area contributed by atoms with Gasteiger partial charge in [-0.15, -0.1) is 0 Å². The lowest BCUT2D eigenvalue weighted by atomic mass is 9.24. The molecule has 11 rings (SSSR count). The van der Waals surface area contributed by atoms with E-state index < -0.39 is 45.4 Å². The number of methoxy groups -OCH3 is 2. The molecular formula is C46H30Br2O8. The molecule has 0 amide bonds. The molecule has 1 fully saturated rings. The third-order valence-corrected chi connectivity index (χ3v) is 15.2. The van der Waals surface area contributed by atoms with E-state index in [2.05, 4.69) is 31.9 Å². The Balaban J connectivity index is 1.40. The van der Waals surface area contributed by atoms with E-state index in [1.165, 1.54) is 0 Å². The van der Waals surface area contributed by atoms with Crippen molar-refractivity contribution in [2.75, 3.05) is 14.2 Å². The summed E-state index contributed by atoms with van der Waals surface area (Å²) >= 11 is 7.79. The number of hydrogen-bond acceptors (Lipinski definition) is 8. The van der Waals surface area contributed by atoms with E-state index in [4.69, 9.17) is 18.9 Å². The summed E-state index contributed by atoms with van der Waals surface area (Å²) in [6.45, 7) is 3.36. The Morgan fingerprint density at radius 3 is 1.12 bits per heavy atom. The summed E-state index contributed by atoms with van der Waals surface area (Å²) in [5.74, 6) is -2.27. The minimum atomic E-state index is -1.89. The molecule has 10 heteroatoms. The van der Waals surface area contributed by atoms with Crippen LogP contribution >= 0.6 is 31.9 Å². The smallest absolute Gasteiger partial charge is 0.207 e. The Morgan fingerprint density at radius 1 is 0.482 bits per heavy atom. The van der Waals surface area contributed by atoms with E-state index in [1.54, 1.807) is 76.6 Å². The molecular weight excluding hydrogens is 840 g/mol. The zero-order chi connectivity index (χ0) is 38.8. The quantitative estimate of drug-likeness (QED) is 0.170. The minimum Gasteiger partial charge on any atom is -0.495 e. The highest BCUT2D eigenvalue weighted by atomic mass is 79.9. The van der Waals surface area contributed by atoms with Gasteiger partial charge in [-0.2, -0.15) is 0 Å². The fourth-order valence-electron chi connectivity index (χ4n) is 11.6. The van der Waals surface area contributed by atoms with Crippen molar-refractivity contribution in [1.82, 2.24) is 0 Å². The van der Waals surface area contributed by atoms with Crippen molar-refractivity contribution in [3.8, 4) is 23.0 Å². The summed E-state index contributed by atoms with van der Waals surface area (Å²) in [5.41, 5.74) is -5.58. The van der Waals surface area contributed by atoms with Crippen LogP contribution in [0.4, 0.5) is 0 Å². The van der Waals surface area contributed by atoms with Crippen LogP contribution in [0.5, 0.6) is 23.0 Å². The average molecular weight is 871 g/mol. The summed E-state index contributed by atoms with van der Waals surface area (Å²) in [7, 11) is 3.11. The maximum atomic E-state index is 16.2. The van der Waals surface area contributed by atoms with E-state index in [-0.39, 0.29) is 33.8 Å². The second-order valence-electron chi connectivity index (χ2n) is 15.6. The van der Waals surface area contributed by atoms with E-state index in [9.17, 15) is 0 Å². The Kier molecular flexibility index (Phi) is 6.52. The fourth-order valence-corrected chi connectivity index (χ4v) is 13.1. The Morgan fingerprint density at radius 2 is 0.786 bits per heavy atom.